The molecule has 4 aliphatic carbocycles. The Bertz CT molecular complexity index is 767. The molecule has 0 aromatic rings. The Morgan fingerprint density at radius 3 is 2.21 bits per heavy atom. The fourth-order valence-electron chi connectivity index (χ4n) is 10.3. The third kappa shape index (κ3) is 3.62. The van der Waals surface area contributed by atoms with Crippen molar-refractivity contribution >= 4 is 0 Å². The molecule has 4 aliphatic rings. The maximum atomic E-state index is 11.9. The van der Waals surface area contributed by atoms with Gasteiger partial charge < -0.3 is 10.2 Å². The second kappa shape index (κ2) is 8.09. The summed E-state index contributed by atoms with van der Waals surface area (Å²) in [6, 6.07) is 0. The fourth-order valence-corrected chi connectivity index (χ4v) is 10.3. The summed E-state index contributed by atoms with van der Waals surface area (Å²) in [5.74, 6) is 3.00. The van der Waals surface area contributed by atoms with Crippen molar-refractivity contribution < 1.29 is 10.2 Å². The lowest BCUT2D eigenvalue weighted by Crippen LogP contribution is -2.62. The van der Waals surface area contributed by atoms with Crippen LogP contribution >= 0.6 is 0 Å². The van der Waals surface area contributed by atoms with Gasteiger partial charge in [0.2, 0.25) is 0 Å². The van der Waals surface area contributed by atoms with E-state index in [1.165, 1.54) is 50.5 Å². The number of aliphatic hydroxyl groups excluding tert-OH is 1. The quantitative estimate of drug-likeness (QED) is 0.413. The molecule has 2 N–H and O–H groups in total. The van der Waals surface area contributed by atoms with E-state index in [9.17, 15) is 10.2 Å². The van der Waals surface area contributed by atoms with Gasteiger partial charge in [-0.25, -0.2) is 0 Å². The minimum absolute atomic E-state index is 0.0421. The first-order chi connectivity index (χ1) is 15.1. The highest BCUT2D eigenvalue weighted by atomic mass is 16.3. The standard InChI is InChI=1S/C31H54O2/c1-20(2)21(3)14-17-31(9,33)25-15-16-29(7)24-12-10-22-23(11-13-26(32)27(22,4)5)28(24,6)18-19-30(25,29)8/h21-26,32-33H,1,10-19H2,2-9H3. The highest BCUT2D eigenvalue weighted by Gasteiger charge is 2.69. The van der Waals surface area contributed by atoms with E-state index in [0.717, 1.165) is 31.1 Å². The van der Waals surface area contributed by atoms with Gasteiger partial charge in [-0.05, 0) is 129 Å². The number of fused-ring (bicyclic) bond motifs is 5. The minimum Gasteiger partial charge on any atom is -0.393 e. The van der Waals surface area contributed by atoms with E-state index >= 15 is 0 Å². The van der Waals surface area contributed by atoms with Crippen molar-refractivity contribution in [3.8, 4) is 0 Å². The average Bonchev–Trinajstić information content (AvgIpc) is 3.01. The van der Waals surface area contributed by atoms with Gasteiger partial charge in [0.1, 0.15) is 0 Å². The molecule has 2 heteroatoms. The van der Waals surface area contributed by atoms with Gasteiger partial charge >= 0.3 is 0 Å². The zero-order valence-electron chi connectivity index (χ0n) is 23.1. The van der Waals surface area contributed by atoms with Crippen LogP contribution in [0.4, 0.5) is 0 Å². The van der Waals surface area contributed by atoms with E-state index in [0.29, 0.717) is 28.6 Å². The van der Waals surface area contributed by atoms with Gasteiger partial charge in [0.15, 0.2) is 0 Å². The average molecular weight is 459 g/mol. The van der Waals surface area contributed by atoms with Crippen LogP contribution in [0.2, 0.25) is 0 Å². The van der Waals surface area contributed by atoms with E-state index in [1.54, 1.807) is 0 Å². The third-order valence-electron chi connectivity index (χ3n) is 13.1. The molecule has 33 heavy (non-hydrogen) atoms. The molecule has 0 radical (unpaired) electrons. The SMILES string of the molecule is C=C(C)C(C)CCC(C)(O)C1CCC2(C)C3CCC4C(CCC(O)C4(C)C)C3(C)CCC12C. The van der Waals surface area contributed by atoms with Crippen LogP contribution in [-0.2, 0) is 0 Å². The molecule has 2 nitrogen and oxygen atoms in total. The van der Waals surface area contributed by atoms with Gasteiger partial charge in [-0.3, -0.25) is 0 Å². The first kappa shape index (κ1) is 25.7. The molecule has 10 atom stereocenters. The van der Waals surface area contributed by atoms with E-state index in [4.69, 9.17) is 0 Å². The molecular formula is C31H54O2. The third-order valence-corrected chi connectivity index (χ3v) is 13.1. The van der Waals surface area contributed by atoms with Gasteiger partial charge in [0, 0.05) is 0 Å². The monoisotopic (exact) mass is 458 g/mol. The summed E-state index contributed by atoms with van der Waals surface area (Å²) >= 11 is 0. The molecule has 0 heterocycles. The van der Waals surface area contributed by atoms with Gasteiger partial charge in [0.05, 0.1) is 11.7 Å². The van der Waals surface area contributed by atoms with Gasteiger partial charge in [-0.15, -0.1) is 0 Å². The van der Waals surface area contributed by atoms with Crippen LogP contribution in [0, 0.1) is 51.2 Å². The first-order valence-corrected chi connectivity index (χ1v) is 14.2. The Labute approximate surface area is 205 Å². The molecule has 0 amide bonds. The Balaban J connectivity index is 1.60. The highest BCUT2D eigenvalue weighted by molar-refractivity contribution is 5.18. The van der Waals surface area contributed by atoms with Gasteiger partial charge in [-0.1, -0.05) is 53.7 Å². The number of aliphatic hydroxyl groups is 2. The molecule has 4 saturated carbocycles. The van der Waals surface area contributed by atoms with Crippen molar-refractivity contribution in [2.45, 2.75) is 131 Å². The van der Waals surface area contributed by atoms with E-state index in [1.807, 2.05) is 0 Å². The summed E-state index contributed by atoms with van der Waals surface area (Å²) in [5, 5.41) is 22.7. The molecule has 10 unspecified atom stereocenters. The summed E-state index contributed by atoms with van der Waals surface area (Å²) in [4.78, 5) is 0. The van der Waals surface area contributed by atoms with Crippen LogP contribution in [0.1, 0.15) is 120 Å². The molecule has 0 aromatic carbocycles. The number of allylic oxidation sites excluding steroid dienone is 1. The van der Waals surface area contributed by atoms with Crippen LogP contribution in [0.3, 0.4) is 0 Å². The first-order valence-electron chi connectivity index (χ1n) is 14.2. The maximum Gasteiger partial charge on any atom is 0.0653 e. The summed E-state index contributed by atoms with van der Waals surface area (Å²) in [7, 11) is 0. The Hall–Kier alpha value is -0.340. The minimum atomic E-state index is -0.599. The molecule has 0 aromatic heterocycles. The zero-order chi connectivity index (χ0) is 24.6. The smallest absolute Gasteiger partial charge is 0.0653 e. The Kier molecular flexibility index (Phi) is 6.31. The van der Waals surface area contributed by atoms with Crippen LogP contribution in [-0.4, -0.2) is 21.9 Å². The lowest BCUT2D eigenvalue weighted by molar-refractivity contribution is -0.211. The zero-order valence-corrected chi connectivity index (χ0v) is 23.1. The molecule has 4 rings (SSSR count). The normalized spacial score (nSPS) is 49.3. The molecule has 0 spiro atoms. The molecular weight excluding hydrogens is 404 g/mol. The topological polar surface area (TPSA) is 40.5 Å². The summed E-state index contributed by atoms with van der Waals surface area (Å²) in [5.41, 5.74) is 1.57. The molecule has 4 fully saturated rings. The summed E-state index contributed by atoms with van der Waals surface area (Å²) < 4.78 is 0. The van der Waals surface area contributed by atoms with Crippen molar-refractivity contribution in [1.29, 1.82) is 0 Å². The van der Waals surface area contributed by atoms with Crippen LogP contribution in [0.15, 0.2) is 12.2 Å². The predicted molar refractivity (Wildman–Crippen MR) is 139 cm³/mol. The molecule has 0 aliphatic heterocycles. The fraction of sp³-hybridized carbons (Fsp3) is 0.935. The number of hydrogen-bond donors (Lipinski definition) is 2. The van der Waals surface area contributed by atoms with E-state index in [2.05, 4.69) is 62.0 Å². The maximum absolute atomic E-state index is 11.9. The van der Waals surface area contributed by atoms with Crippen molar-refractivity contribution in [2.24, 2.45) is 51.2 Å². The highest BCUT2D eigenvalue weighted by Crippen LogP contribution is 2.76. The van der Waals surface area contributed by atoms with E-state index in [-0.39, 0.29) is 16.9 Å². The van der Waals surface area contributed by atoms with Gasteiger partial charge in [-0.2, -0.15) is 0 Å². The summed E-state index contributed by atoms with van der Waals surface area (Å²) in [6.07, 6.45) is 11.5. The van der Waals surface area contributed by atoms with Gasteiger partial charge in [0.25, 0.3) is 0 Å². The van der Waals surface area contributed by atoms with Crippen molar-refractivity contribution in [3.63, 3.8) is 0 Å². The van der Waals surface area contributed by atoms with Crippen LogP contribution in [0.25, 0.3) is 0 Å². The Morgan fingerprint density at radius 1 is 0.939 bits per heavy atom. The van der Waals surface area contributed by atoms with E-state index < -0.39 is 5.60 Å². The van der Waals surface area contributed by atoms with Crippen molar-refractivity contribution in [3.05, 3.63) is 12.2 Å². The van der Waals surface area contributed by atoms with Crippen LogP contribution in [0.5, 0.6) is 0 Å². The van der Waals surface area contributed by atoms with Crippen molar-refractivity contribution in [1.82, 2.24) is 0 Å². The lowest BCUT2D eigenvalue weighted by atomic mass is 9.37. The molecule has 0 saturated heterocycles. The number of hydrogen-bond acceptors (Lipinski definition) is 2. The summed E-state index contributed by atoms with van der Waals surface area (Å²) in [6.45, 7) is 23.1. The number of rotatable bonds is 5. The van der Waals surface area contributed by atoms with Crippen molar-refractivity contribution in [2.75, 3.05) is 0 Å². The Morgan fingerprint density at radius 2 is 1.58 bits per heavy atom. The second-order valence-corrected chi connectivity index (χ2v) is 14.8. The largest absolute Gasteiger partial charge is 0.393 e. The molecule has 0 bridgehead atoms. The van der Waals surface area contributed by atoms with Crippen LogP contribution < -0.4 is 0 Å². The predicted octanol–water partition coefficient (Wildman–Crippen LogP) is 7.78. The second-order valence-electron chi connectivity index (χ2n) is 14.8. The lowest BCUT2D eigenvalue weighted by Gasteiger charge is -2.68. The molecule has 190 valence electrons.